The lowest BCUT2D eigenvalue weighted by Crippen LogP contribution is -2.62. The molecule has 0 aliphatic carbocycles. The predicted octanol–water partition coefficient (Wildman–Crippen LogP) is 1.30. The molecule has 0 bridgehead atoms. The molecule has 2 unspecified atom stereocenters. The van der Waals surface area contributed by atoms with E-state index >= 15 is 0 Å². The van der Waals surface area contributed by atoms with Crippen LogP contribution in [0.15, 0.2) is 36.4 Å². The zero-order valence-electron chi connectivity index (χ0n) is 23.6. The quantitative estimate of drug-likeness (QED) is 0.0908. The van der Waals surface area contributed by atoms with Gasteiger partial charge in [-0.25, -0.2) is 4.79 Å². The zero-order chi connectivity index (χ0) is 30.8. The van der Waals surface area contributed by atoms with Crippen LogP contribution in [-0.4, -0.2) is 65.8 Å². The maximum atomic E-state index is 13.8. The second-order valence-electron chi connectivity index (χ2n) is 10.4. The fourth-order valence-electron chi connectivity index (χ4n) is 3.83. The molecule has 0 fully saturated rings. The van der Waals surface area contributed by atoms with E-state index < -0.39 is 41.9 Å². The highest BCUT2D eigenvalue weighted by Crippen LogP contribution is 2.24. The number of carbonyl (C=O) groups is 3. The fourth-order valence-corrected chi connectivity index (χ4v) is 4.63. The minimum atomic E-state index is -1.68. The number of methoxy groups -OCH3 is 1. The van der Waals surface area contributed by atoms with Gasteiger partial charge >= 0.3 is 6.09 Å². The number of ether oxygens (including phenoxy) is 2. The standard InChI is InChI=1S/C27H39N7O6S/c1-26(2,3)40-25(38)34-27(11-10-21(36)39-4,13-16-6-5-7-17(12-16)22(28)29)24(37)33-15-20(35)32-14-18-8-9-19(41-18)23(30)31/h5-9,12,21,36H,10-11,13-15H2,1-4H3,(H3,28,29)(H3,30,31)(H,32,35)(H,33,37)(H,34,38). The molecule has 3 amide bonds. The van der Waals surface area contributed by atoms with Crippen molar-refractivity contribution in [3.05, 3.63) is 57.3 Å². The summed E-state index contributed by atoms with van der Waals surface area (Å²) in [6.45, 7) is 4.80. The molecular formula is C27H39N7O6S. The minimum Gasteiger partial charge on any atom is -0.444 e. The zero-order valence-corrected chi connectivity index (χ0v) is 24.4. The van der Waals surface area contributed by atoms with Gasteiger partial charge in [-0.15, -0.1) is 11.3 Å². The van der Waals surface area contributed by atoms with E-state index in [0.717, 1.165) is 4.88 Å². The van der Waals surface area contributed by atoms with E-state index in [1.54, 1.807) is 57.2 Å². The van der Waals surface area contributed by atoms with Crippen molar-refractivity contribution in [3.63, 3.8) is 0 Å². The van der Waals surface area contributed by atoms with Gasteiger partial charge in [0.05, 0.1) is 18.0 Å². The number of hydrogen-bond donors (Lipinski definition) is 8. The number of alkyl carbamates (subject to hydrolysis) is 1. The van der Waals surface area contributed by atoms with Gasteiger partial charge in [0.25, 0.3) is 0 Å². The lowest BCUT2D eigenvalue weighted by molar-refractivity contribution is -0.132. The van der Waals surface area contributed by atoms with Crippen molar-refractivity contribution in [2.24, 2.45) is 11.5 Å². The van der Waals surface area contributed by atoms with E-state index in [2.05, 4.69) is 16.0 Å². The summed E-state index contributed by atoms with van der Waals surface area (Å²) in [4.78, 5) is 40.6. The van der Waals surface area contributed by atoms with Crippen LogP contribution in [0.2, 0.25) is 0 Å². The Morgan fingerprint density at radius 3 is 2.37 bits per heavy atom. The summed E-state index contributed by atoms with van der Waals surface area (Å²) in [6, 6.07) is 10.1. The van der Waals surface area contributed by atoms with Crippen molar-refractivity contribution in [2.75, 3.05) is 13.7 Å². The van der Waals surface area contributed by atoms with Crippen molar-refractivity contribution >= 4 is 40.9 Å². The number of nitrogens with two attached hydrogens (primary N) is 2. The largest absolute Gasteiger partial charge is 0.444 e. The van der Waals surface area contributed by atoms with Crippen molar-refractivity contribution in [3.8, 4) is 0 Å². The van der Waals surface area contributed by atoms with Crippen LogP contribution < -0.4 is 27.4 Å². The molecule has 2 atom stereocenters. The highest BCUT2D eigenvalue weighted by Gasteiger charge is 2.41. The molecule has 2 aromatic rings. The molecule has 41 heavy (non-hydrogen) atoms. The number of thiophene rings is 1. The lowest BCUT2D eigenvalue weighted by atomic mass is 9.84. The van der Waals surface area contributed by atoms with Crippen molar-refractivity contribution < 1.29 is 29.0 Å². The first-order valence-electron chi connectivity index (χ1n) is 12.8. The average Bonchev–Trinajstić information content (AvgIpc) is 3.37. The average molecular weight is 590 g/mol. The molecule has 14 heteroatoms. The molecule has 224 valence electrons. The van der Waals surface area contributed by atoms with Crippen LogP contribution in [0.25, 0.3) is 0 Å². The van der Waals surface area contributed by atoms with Crippen LogP contribution in [0, 0.1) is 10.8 Å². The molecule has 0 saturated heterocycles. The summed E-state index contributed by atoms with van der Waals surface area (Å²) in [5.41, 5.74) is 9.58. The molecule has 0 aliphatic heterocycles. The van der Waals surface area contributed by atoms with Gasteiger partial charge in [-0.3, -0.25) is 20.4 Å². The third-order valence-electron chi connectivity index (χ3n) is 5.81. The molecule has 13 nitrogen and oxygen atoms in total. The molecule has 0 aliphatic rings. The monoisotopic (exact) mass is 589 g/mol. The van der Waals surface area contributed by atoms with Crippen molar-refractivity contribution in [1.82, 2.24) is 16.0 Å². The smallest absolute Gasteiger partial charge is 0.408 e. The number of aliphatic hydroxyl groups excluding tert-OH is 1. The third-order valence-corrected chi connectivity index (χ3v) is 6.92. The molecule has 0 spiro atoms. The number of nitrogens with one attached hydrogen (secondary N) is 5. The van der Waals surface area contributed by atoms with Crippen LogP contribution in [0.3, 0.4) is 0 Å². The Kier molecular flexibility index (Phi) is 11.8. The Morgan fingerprint density at radius 2 is 1.78 bits per heavy atom. The van der Waals surface area contributed by atoms with E-state index in [-0.39, 0.29) is 37.5 Å². The van der Waals surface area contributed by atoms with E-state index in [4.69, 9.17) is 31.8 Å². The molecule has 0 saturated carbocycles. The summed E-state index contributed by atoms with van der Waals surface area (Å²) in [5, 5.41) is 33.3. The van der Waals surface area contributed by atoms with Gasteiger partial charge in [0, 0.05) is 30.4 Å². The number of nitrogen functional groups attached to an aromatic ring is 2. The Morgan fingerprint density at radius 1 is 1.07 bits per heavy atom. The Hall–Kier alpha value is -4.01. The maximum absolute atomic E-state index is 13.8. The van der Waals surface area contributed by atoms with Gasteiger partial charge in [-0.1, -0.05) is 18.2 Å². The number of amidine groups is 2. The summed E-state index contributed by atoms with van der Waals surface area (Å²) in [6.07, 6.45) is -2.27. The van der Waals surface area contributed by atoms with Crippen LogP contribution in [-0.2, 0) is 32.0 Å². The summed E-state index contributed by atoms with van der Waals surface area (Å²) < 4.78 is 10.4. The van der Waals surface area contributed by atoms with Crippen LogP contribution in [0.5, 0.6) is 0 Å². The van der Waals surface area contributed by atoms with Crippen LogP contribution in [0.4, 0.5) is 4.79 Å². The Balaban J connectivity index is 2.30. The van der Waals surface area contributed by atoms with Crippen LogP contribution in [0.1, 0.15) is 54.5 Å². The lowest BCUT2D eigenvalue weighted by Gasteiger charge is -2.35. The molecule has 0 radical (unpaired) electrons. The number of benzene rings is 1. The summed E-state index contributed by atoms with van der Waals surface area (Å²) in [7, 11) is 1.31. The van der Waals surface area contributed by atoms with Crippen LogP contribution >= 0.6 is 11.3 Å². The second kappa shape index (κ2) is 14.6. The van der Waals surface area contributed by atoms with Crippen molar-refractivity contribution in [1.29, 1.82) is 10.8 Å². The summed E-state index contributed by atoms with van der Waals surface area (Å²) >= 11 is 1.27. The van der Waals surface area contributed by atoms with Gasteiger partial charge in [-0.05, 0) is 51.0 Å². The van der Waals surface area contributed by atoms with Gasteiger partial charge in [0.1, 0.15) is 22.8 Å². The van der Waals surface area contributed by atoms with E-state index in [9.17, 15) is 19.5 Å². The van der Waals surface area contributed by atoms with E-state index in [0.29, 0.717) is 16.0 Å². The first-order valence-corrected chi connectivity index (χ1v) is 13.6. The number of rotatable bonds is 14. The molecule has 1 heterocycles. The van der Waals surface area contributed by atoms with Gasteiger partial charge < -0.3 is 42.0 Å². The van der Waals surface area contributed by atoms with Crippen molar-refractivity contribution in [2.45, 2.75) is 64.0 Å². The molecule has 1 aromatic carbocycles. The third kappa shape index (κ3) is 10.8. The molecular weight excluding hydrogens is 550 g/mol. The molecule has 10 N–H and O–H groups in total. The van der Waals surface area contributed by atoms with Gasteiger partial charge in [-0.2, -0.15) is 0 Å². The number of hydrogen-bond acceptors (Lipinski definition) is 9. The molecule has 2 rings (SSSR count). The second-order valence-corrected chi connectivity index (χ2v) is 11.5. The maximum Gasteiger partial charge on any atom is 0.408 e. The predicted molar refractivity (Wildman–Crippen MR) is 156 cm³/mol. The van der Waals surface area contributed by atoms with E-state index in [1.165, 1.54) is 18.4 Å². The minimum absolute atomic E-state index is 0.0326. The normalized spacial score (nSPS) is 13.4. The first-order chi connectivity index (χ1) is 19.1. The Labute approximate surface area is 243 Å². The topological polar surface area (TPSA) is 226 Å². The summed E-state index contributed by atoms with van der Waals surface area (Å²) in [5.74, 6) is -1.42. The Bertz CT molecular complexity index is 1260. The first kappa shape index (κ1) is 33.2. The van der Waals surface area contributed by atoms with Gasteiger partial charge in [0.15, 0.2) is 6.29 Å². The number of carbonyl (C=O) groups excluding carboxylic acids is 3. The highest BCUT2D eigenvalue weighted by atomic mass is 32.1. The van der Waals surface area contributed by atoms with E-state index in [1.807, 2.05) is 0 Å². The number of aliphatic hydroxyl groups is 1. The SMILES string of the molecule is COC(O)CCC(Cc1cccc(C(=N)N)c1)(NC(=O)OC(C)(C)C)C(=O)NCC(=O)NCc1ccc(C(=N)N)s1. The fraction of sp³-hybridized carbons (Fsp3) is 0.444. The highest BCUT2D eigenvalue weighted by molar-refractivity contribution is 7.14. The number of amides is 3. The molecule has 1 aromatic heterocycles. The van der Waals surface area contributed by atoms with Gasteiger partial charge in [0.2, 0.25) is 11.8 Å².